The first kappa shape index (κ1) is 30.9. The molecule has 0 spiro atoms. The molecular weight excluding hydrogens is 655 g/mol. The zero-order chi connectivity index (χ0) is 35.6. The van der Waals surface area contributed by atoms with Gasteiger partial charge in [-0.2, -0.15) is 0 Å². The van der Waals surface area contributed by atoms with Gasteiger partial charge in [0.25, 0.3) is 0 Å². The Morgan fingerprint density at radius 3 is 2.02 bits per heavy atom. The molecule has 1 aliphatic heterocycles. The lowest BCUT2D eigenvalue weighted by molar-refractivity contribution is 0.640. The third-order valence-electron chi connectivity index (χ3n) is 11.5. The number of fused-ring (bicyclic) bond motifs is 10. The van der Waals surface area contributed by atoms with Crippen molar-refractivity contribution in [3.8, 4) is 39.3 Å². The minimum absolute atomic E-state index is 0.180. The van der Waals surface area contributed by atoms with Crippen molar-refractivity contribution in [1.82, 2.24) is 9.55 Å². The number of benzene rings is 7. The molecule has 0 bridgehead atoms. The van der Waals surface area contributed by atoms with Crippen LogP contribution in [0.25, 0.3) is 77.5 Å². The van der Waals surface area contributed by atoms with Crippen molar-refractivity contribution in [2.24, 2.45) is 0 Å². The van der Waals surface area contributed by atoms with Gasteiger partial charge in [0.15, 0.2) is 0 Å². The molecule has 3 heteroatoms. The summed E-state index contributed by atoms with van der Waals surface area (Å²) < 4.78 is 2.47. The Labute approximate surface area is 315 Å². The molecule has 256 valence electrons. The fourth-order valence-electron chi connectivity index (χ4n) is 9.21. The van der Waals surface area contributed by atoms with Crippen LogP contribution in [-0.4, -0.2) is 15.6 Å². The zero-order valence-electron chi connectivity index (χ0n) is 29.9. The average molecular weight is 692 g/mol. The van der Waals surface area contributed by atoms with Crippen LogP contribution in [0.1, 0.15) is 24.8 Å². The number of nitrogens with zero attached hydrogens (tertiary/aromatic N) is 3. The van der Waals surface area contributed by atoms with Crippen LogP contribution in [0.3, 0.4) is 0 Å². The fourth-order valence-corrected chi connectivity index (χ4v) is 9.21. The summed E-state index contributed by atoms with van der Waals surface area (Å²) >= 11 is 0. The van der Waals surface area contributed by atoms with E-state index >= 15 is 0 Å². The number of aromatic nitrogens is 2. The third-order valence-corrected chi connectivity index (χ3v) is 11.5. The normalized spacial score (nSPS) is 15.1. The summed E-state index contributed by atoms with van der Waals surface area (Å²) in [7, 11) is 0. The fraction of sp³-hybridized carbons (Fsp3) is 0.0784. The largest absolute Gasteiger partial charge is 0.333 e. The lowest BCUT2D eigenvalue weighted by atomic mass is 9.88. The Morgan fingerprint density at radius 1 is 0.519 bits per heavy atom. The Morgan fingerprint density at radius 2 is 1.17 bits per heavy atom. The molecule has 0 radical (unpaired) electrons. The van der Waals surface area contributed by atoms with Gasteiger partial charge in [-0.05, 0) is 78.2 Å². The van der Waals surface area contributed by atoms with Crippen LogP contribution in [0, 0.1) is 0 Å². The second-order valence-corrected chi connectivity index (χ2v) is 14.6. The predicted molar refractivity (Wildman–Crippen MR) is 227 cm³/mol. The van der Waals surface area contributed by atoms with Crippen molar-refractivity contribution in [3.63, 3.8) is 0 Å². The van der Waals surface area contributed by atoms with E-state index in [1.165, 1.54) is 77.6 Å². The summed E-state index contributed by atoms with van der Waals surface area (Å²) in [5, 5.41) is 4.90. The highest BCUT2D eigenvalue weighted by molar-refractivity contribution is 6.13. The van der Waals surface area contributed by atoms with Gasteiger partial charge in [0.1, 0.15) is 0 Å². The molecule has 1 aliphatic carbocycles. The third kappa shape index (κ3) is 4.78. The maximum Gasteiger partial charge on any atom is 0.0788 e. The minimum atomic E-state index is 0.180. The second-order valence-electron chi connectivity index (χ2n) is 14.6. The molecular formula is C51H37N3. The Bertz CT molecular complexity index is 2930. The summed E-state index contributed by atoms with van der Waals surface area (Å²) in [6.07, 6.45) is 5.80. The van der Waals surface area contributed by atoms with E-state index in [0.29, 0.717) is 0 Å². The van der Waals surface area contributed by atoms with Gasteiger partial charge in [-0.3, -0.25) is 0 Å². The molecule has 9 aromatic rings. The molecule has 1 unspecified atom stereocenters. The van der Waals surface area contributed by atoms with Crippen molar-refractivity contribution in [3.05, 3.63) is 188 Å². The average Bonchev–Trinajstić information content (AvgIpc) is 3.53. The molecule has 0 fully saturated rings. The molecule has 2 aromatic heterocycles. The highest BCUT2D eigenvalue weighted by Gasteiger charge is 2.33. The van der Waals surface area contributed by atoms with Crippen molar-refractivity contribution < 1.29 is 0 Å². The maximum absolute atomic E-state index is 5.24. The Kier molecular flexibility index (Phi) is 7.12. The first-order valence-electron chi connectivity index (χ1n) is 19.1. The Balaban J connectivity index is 1.08. The van der Waals surface area contributed by atoms with Gasteiger partial charge in [0.05, 0.1) is 34.2 Å². The smallest absolute Gasteiger partial charge is 0.0788 e. The standard InChI is InChI=1S/C51H37N3/c1-2-19-37(20-3-1)54-47-30-12-8-26-43(47)49-42-25-7-11-29-46(42)53(48-31-13-9-27-44(48)51(49)54)38-21-15-17-35(33-38)34-16-14-18-36(32-34)50-41-24-5-4-22-39(41)40-23-6-10-28-45(40)52-50/h1-14,16,18-20,22-33,38H,15,17,21H2. The van der Waals surface area contributed by atoms with Crippen molar-refractivity contribution >= 4 is 49.5 Å². The molecule has 7 aromatic carbocycles. The van der Waals surface area contributed by atoms with Crippen LogP contribution >= 0.6 is 0 Å². The minimum Gasteiger partial charge on any atom is -0.333 e. The van der Waals surface area contributed by atoms with Crippen LogP contribution in [0.15, 0.2) is 182 Å². The number of pyridine rings is 1. The summed E-state index contributed by atoms with van der Waals surface area (Å²) in [6.45, 7) is 0. The van der Waals surface area contributed by atoms with E-state index < -0.39 is 0 Å². The summed E-state index contributed by atoms with van der Waals surface area (Å²) in [4.78, 5) is 7.88. The molecule has 3 heterocycles. The van der Waals surface area contributed by atoms with Crippen molar-refractivity contribution in [1.29, 1.82) is 0 Å². The van der Waals surface area contributed by atoms with Crippen LogP contribution in [0.5, 0.6) is 0 Å². The molecule has 0 N–H and O–H groups in total. The van der Waals surface area contributed by atoms with Crippen molar-refractivity contribution in [2.75, 3.05) is 4.90 Å². The SMILES string of the molecule is C1=C(c2cccc(-c3nc4ccccc4c4ccccc34)c2)CCCC1N1c2ccccc2-c2c(n(-c3ccccc3)c3ccccc23)-c2ccccc21. The first-order chi connectivity index (χ1) is 26.8. The number of para-hydroxylation sites is 5. The molecule has 0 saturated carbocycles. The summed E-state index contributed by atoms with van der Waals surface area (Å²) in [5.41, 5.74) is 15.8. The second kappa shape index (κ2) is 12.5. The van der Waals surface area contributed by atoms with E-state index in [1.54, 1.807) is 0 Å². The topological polar surface area (TPSA) is 21.1 Å². The van der Waals surface area contributed by atoms with Crippen LogP contribution < -0.4 is 4.90 Å². The Hall–Kier alpha value is -6.71. The lowest BCUT2D eigenvalue weighted by Crippen LogP contribution is -2.31. The van der Waals surface area contributed by atoms with E-state index in [9.17, 15) is 0 Å². The molecule has 1 atom stereocenters. The maximum atomic E-state index is 5.24. The number of hydrogen-bond donors (Lipinski definition) is 0. The molecule has 3 nitrogen and oxygen atoms in total. The molecule has 2 aliphatic rings. The number of rotatable bonds is 4. The van der Waals surface area contributed by atoms with Gasteiger partial charge >= 0.3 is 0 Å². The van der Waals surface area contributed by atoms with Gasteiger partial charge < -0.3 is 9.47 Å². The van der Waals surface area contributed by atoms with E-state index in [4.69, 9.17) is 4.98 Å². The van der Waals surface area contributed by atoms with E-state index in [-0.39, 0.29) is 6.04 Å². The van der Waals surface area contributed by atoms with Gasteiger partial charge in [0, 0.05) is 49.8 Å². The summed E-state index contributed by atoms with van der Waals surface area (Å²) in [6, 6.07) is 64.3. The van der Waals surface area contributed by atoms with Crippen LogP contribution in [0.2, 0.25) is 0 Å². The molecule has 54 heavy (non-hydrogen) atoms. The van der Waals surface area contributed by atoms with Gasteiger partial charge in [-0.15, -0.1) is 0 Å². The first-order valence-corrected chi connectivity index (χ1v) is 19.1. The zero-order valence-corrected chi connectivity index (χ0v) is 29.9. The quantitative estimate of drug-likeness (QED) is 0.171. The number of hydrogen-bond acceptors (Lipinski definition) is 2. The van der Waals surface area contributed by atoms with E-state index in [1.807, 2.05) is 0 Å². The van der Waals surface area contributed by atoms with Crippen LogP contribution in [-0.2, 0) is 0 Å². The summed E-state index contributed by atoms with van der Waals surface area (Å²) in [5.74, 6) is 0. The van der Waals surface area contributed by atoms with E-state index in [2.05, 4.69) is 191 Å². The number of anilines is 2. The van der Waals surface area contributed by atoms with Gasteiger partial charge in [-0.25, -0.2) is 4.98 Å². The predicted octanol–water partition coefficient (Wildman–Crippen LogP) is 13.4. The highest BCUT2D eigenvalue weighted by atomic mass is 15.2. The molecule has 0 saturated heterocycles. The number of allylic oxidation sites excluding steroid dienone is 1. The van der Waals surface area contributed by atoms with Crippen LogP contribution in [0.4, 0.5) is 11.4 Å². The molecule has 0 amide bonds. The van der Waals surface area contributed by atoms with Gasteiger partial charge in [-0.1, -0.05) is 140 Å². The van der Waals surface area contributed by atoms with Crippen molar-refractivity contribution in [2.45, 2.75) is 25.3 Å². The monoisotopic (exact) mass is 691 g/mol. The highest BCUT2D eigenvalue weighted by Crippen LogP contribution is 2.53. The van der Waals surface area contributed by atoms with E-state index in [0.717, 1.165) is 36.0 Å². The van der Waals surface area contributed by atoms with Gasteiger partial charge in [0.2, 0.25) is 0 Å². The lowest BCUT2D eigenvalue weighted by Gasteiger charge is -2.36. The molecule has 11 rings (SSSR count).